The number of nitrogens with two attached hydrogens (primary N) is 1. The first-order valence-corrected chi connectivity index (χ1v) is 13.6. The minimum Gasteiger partial charge on any atom is -0.461 e. The third-order valence-corrected chi connectivity index (χ3v) is 7.68. The molecule has 1 saturated heterocycles. The SMILES string of the molecule is CC(=O)O[C@@H]1C[C@H]2C(=O)C[C@]3(C(=O)CS(C)(=O)=O)C[C@H]3/C=C\CCCCC[C@H](N)C(=O)N2C1. The lowest BCUT2D eigenvalue weighted by Gasteiger charge is -2.27. The molecule has 0 aromatic rings. The normalized spacial score (nSPS) is 34.5. The molecule has 0 aromatic carbocycles. The van der Waals surface area contributed by atoms with Gasteiger partial charge in [0.05, 0.1) is 18.6 Å². The van der Waals surface area contributed by atoms with Gasteiger partial charge in [-0.25, -0.2) is 8.42 Å². The van der Waals surface area contributed by atoms with Crippen molar-refractivity contribution in [3.05, 3.63) is 12.2 Å². The highest BCUT2D eigenvalue weighted by atomic mass is 32.2. The van der Waals surface area contributed by atoms with Crippen LogP contribution in [0.25, 0.3) is 0 Å². The van der Waals surface area contributed by atoms with E-state index in [-0.39, 0.29) is 37.0 Å². The topological polar surface area (TPSA) is 141 Å². The number of Topliss-reactive ketones (excluding diaryl/α,β-unsaturated/α-hetero) is 2. The summed E-state index contributed by atoms with van der Waals surface area (Å²) in [6.07, 6.45) is 8.61. The Labute approximate surface area is 195 Å². The lowest BCUT2D eigenvalue weighted by molar-refractivity contribution is -0.146. The summed E-state index contributed by atoms with van der Waals surface area (Å²) in [7, 11) is -3.55. The molecule has 0 spiro atoms. The number of carbonyl (C=O) groups excluding carboxylic acids is 4. The van der Waals surface area contributed by atoms with Crippen molar-refractivity contribution in [1.82, 2.24) is 4.90 Å². The first-order chi connectivity index (χ1) is 15.4. The van der Waals surface area contributed by atoms with E-state index in [0.717, 1.165) is 31.9 Å². The van der Waals surface area contributed by atoms with Crippen LogP contribution in [-0.2, 0) is 33.8 Å². The third kappa shape index (κ3) is 6.29. The number of nitrogens with zero attached hydrogens (tertiary/aromatic N) is 1. The number of ether oxygens (including phenoxy) is 1. The van der Waals surface area contributed by atoms with Crippen LogP contribution in [0.4, 0.5) is 0 Å². The van der Waals surface area contributed by atoms with Crippen molar-refractivity contribution in [3.63, 3.8) is 0 Å². The van der Waals surface area contributed by atoms with Gasteiger partial charge in [-0.2, -0.15) is 0 Å². The smallest absolute Gasteiger partial charge is 0.302 e. The maximum absolute atomic E-state index is 13.4. The van der Waals surface area contributed by atoms with Gasteiger partial charge in [-0.15, -0.1) is 0 Å². The number of hydrogen-bond acceptors (Lipinski definition) is 8. The molecule has 10 heteroatoms. The van der Waals surface area contributed by atoms with Gasteiger partial charge in [-0.1, -0.05) is 25.0 Å². The molecule has 2 aliphatic heterocycles. The van der Waals surface area contributed by atoms with E-state index in [2.05, 4.69) is 0 Å². The first-order valence-electron chi connectivity index (χ1n) is 11.6. The standard InChI is InChI=1S/C23H34N2O7S/c1-15(26)32-17-10-19-20(27)12-23(21(28)14-33(2,30)31)11-16(23)8-6-4-3-5-7-9-18(24)22(29)25(19)13-17/h6,8,16-19H,3-5,7,9-14,24H2,1-2H3/b8-6-/t16-,17-,18+,19+,23-/m1/s1. The van der Waals surface area contributed by atoms with Crippen molar-refractivity contribution in [1.29, 1.82) is 0 Å². The molecule has 1 aliphatic carbocycles. The molecule has 1 amide bonds. The minimum absolute atomic E-state index is 0.0795. The number of rotatable bonds is 4. The zero-order valence-corrected chi connectivity index (χ0v) is 20.1. The summed E-state index contributed by atoms with van der Waals surface area (Å²) in [6, 6.07) is -1.61. The quantitative estimate of drug-likeness (QED) is 0.461. The van der Waals surface area contributed by atoms with Crippen LogP contribution in [0.2, 0.25) is 0 Å². The second-order valence-corrected chi connectivity index (χ2v) is 11.9. The highest BCUT2D eigenvalue weighted by Gasteiger charge is 2.60. The molecular formula is C23H34N2O7S. The molecule has 2 fully saturated rings. The van der Waals surface area contributed by atoms with Crippen LogP contribution in [0.3, 0.4) is 0 Å². The number of ketones is 2. The lowest BCUT2D eigenvalue weighted by Crippen LogP contribution is -2.49. The number of carbonyl (C=O) groups is 4. The second kappa shape index (κ2) is 10.0. The Morgan fingerprint density at radius 1 is 1.24 bits per heavy atom. The molecule has 5 atom stereocenters. The van der Waals surface area contributed by atoms with Gasteiger partial charge in [-0.05, 0) is 31.6 Å². The molecule has 1 saturated carbocycles. The average molecular weight is 483 g/mol. The Balaban J connectivity index is 1.89. The summed E-state index contributed by atoms with van der Waals surface area (Å²) in [6.45, 7) is 1.35. The van der Waals surface area contributed by atoms with Gasteiger partial charge in [0.1, 0.15) is 11.9 Å². The predicted octanol–water partition coefficient (Wildman–Crippen LogP) is 0.946. The maximum atomic E-state index is 13.4. The largest absolute Gasteiger partial charge is 0.461 e. The maximum Gasteiger partial charge on any atom is 0.302 e. The van der Waals surface area contributed by atoms with Crippen molar-refractivity contribution in [2.45, 2.75) is 76.5 Å². The summed E-state index contributed by atoms with van der Waals surface area (Å²) in [5.41, 5.74) is 5.08. The van der Waals surface area contributed by atoms with Gasteiger partial charge in [-0.3, -0.25) is 19.2 Å². The van der Waals surface area contributed by atoms with E-state index in [9.17, 15) is 27.6 Å². The van der Waals surface area contributed by atoms with Crippen LogP contribution in [0.5, 0.6) is 0 Å². The Hall–Kier alpha value is -2.07. The van der Waals surface area contributed by atoms with Crippen LogP contribution in [0.15, 0.2) is 12.2 Å². The number of esters is 1. The monoisotopic (exact) mass is 482 g/mol. The van der Waals surface area contributed by atoms with Gasteiger partial charge in [0.15, 0.2) is 21.4 Å². The average Bonchev–Trinajstić information content (AvgIpc) is 3.23. The van der Waals surface area contributed by atoms with E-state index in [1.807, 2.05) is 12.2 Å². The summed E-state index contributed by atoms with van der Waals surface area (Å²) in [5.74, 6) is -2.45. The number of allylic oxidation sites excluding steroid dienone is 2. The van der Waals surface area contributed by atoms with E-state index < -0.39 is 50.9 Å². The highest BCUT2D eigenvalue weighted by Crippen LogP contribution is 2.57. The number of amides is 1. The van der Waals surface area contributed by atoms with Gasteiger partial charge in [0.25, 0.3) is 0 Å². The van der Waals surface area contributed by atoms with Crippen LogP contribution in [-0.4, -0.2) is 73.5 Å². The molecule has 0 unspecified atom stereocenters. The van der Waals surface area contributed by atoms with Gasteiger partial charge < -0.3 is 15.4 Å². The molecule has 0 bridgehead atoms. The fraction of sp³-hybridized carbons (Fsp3) is 0.739. The van der Waals surface area contributed by atoms with Crippen molar-refractivity contribution in [2.24, 2.45) is 17.1 Å². The van der Waals surface area contributed by atoms with Crippen LogP contribution >= 0.6 is 0 Å². The van der Waals surface area contributed by atoms with Gasteiger partial charge >= 0.3 is 5.97 Å². The summed E-state index contributed by atoms with van der Waals surface area (Å²) in [4.78, 5) is 52.4. The zero-order valence-electron chi connectivity index (χ0n) is 19.3. The molecule has 0 aromatic heterocycles. The van der Waals surface area contributed by atoms with Gasteiger partial charge in [0, 0.05) is 31.4 Å². The number of hydrogen-bond donors (Lipinski definition) is 1. The Bertz CT molecular complexity index is 944. The molecule has 2 heterocycles. The number of fused-ring (bicyclic) bond motifs is 2. The summed E-state index contributed by atoms with van der Waals surface area (Å²) in [5, 5.41) is 0. The first kappa shape index (κ1) is 25.6. The predicted molar refractivity (Wildman–Crippen MR) is 121 cm³/mol. The van der Waals surface area contributed by atoms with Crippen molar-refractivity contribution < 1.29 is 32.3 Å². The van der Waals surface area contributed by atoms with Crippen LogP contribution in [0.1, 0.15) is 58.3 Å². The Morgan fingerprint density at radius 2 is 1.97 bits per heavy atom. The third-order valence-electron chi connectivity index (χ3n) is 6.89. The van der Waals surface area contributed by atoms with E-state index in [1.54, 1.807) is 0 Å². The van der Waals surface area contributed by atoms with Crippen molar-refractivity contribution in [2.75, 3.05) is 18.6 Å². The molecule has 3 aliphatic rings. The lowest BCUT2D eigenvalue weighted by atomic mass is 9.88. The van der Waals surface area contributed by atoms with Crippen molar-refractivity contribution in [3.8, 4) is 0 Å². The second-order valence-electron chi connectivity index (χ2n) is 9.75. The molecule has 2 N–H and O–H groups in total. The van der Waals surface area contributed by atoms with Crippen LogP contribution in [0, 0.1) is 11.3 Å². The fourth-order valence-corrected chi connectivity index (χ4v) is 5.85. The summed E-state index contributed by atoms with van der Waals surface area (Å²) >= 11 is 0. The van der Waals surface area contributed by atoms with E-state index in [4.69, 9.17) is 10.5 Å². The molecule has 9 nitrogen and oxygen atoms in total. The molecular weight excluding hydrogens is 448 g/mol. The number of sulfone groups is 1. The van der Waals surface area contributed by atoms with Crippen LogP contribution < -0.4 is 5.73 Å². The molecule has 184 valence electrons. The summed E-state index contributed by atoms with van der Waals surface area (Å²) < 4.78 is 28.9. The Morgan fingerprint density at radius 3 is 2.64 bits per heavy atom. The van der Waals surface area contributed by atoms with E-state index in [0.29, 0.717) is 12.8 Å². The molecule has 33 heavy (non-hydrogen) atoms. The molecule has 3 rings (SSSR count). The van der Waals surface area contributed by atoms with E-state index >= 15 is 0 Å². The Kier molecular flexibility index (Phi) is 7.78. The fourth-order valence-electron chi connectivity index (χ4n) is 5.09. The minimum atomic E-state index is -3.55. The molecule has 0 radical (unpaired) electrons. The highest BCUT2D eigenvalue weighted by molar-refractivity contribution is 7.91. The van der Waals surface area contributed by atoms with E-state index in [1.165, 1.54) is 11.8 Å². The van der Waals surface area contributed by atoms with Crippen molar-refractivity contribution >= 4 is 33.3 Å². The zero-order chi connectivity index (χ0) is 24.4. The van der Waals surface area contributed by atoms with Gasteiger partial charge in [0.2, 0.25) is 5.91 Å².